The minimum Gasteiger partial charge on any atom is -0.534 e. The van der Waals surface area contributed by atoms with Crippen LogP contribution in [0.25, 0.3) is 21.5 Å². The quantitative estimate of drug-likeness (QED) is 0.463. The number of hydrogen-bond donors (Lipinski definition) is 0. The summed E-state index contributed by atoms with van der Waals surface area (Å²) in [5.41, 5.74) is 0.677. The first-order chi connectivity index (χ1) is 14.5. The highest BCUT2D eigenvalue weighted by Gasteiger charge is 2.53. The highest BCUT2D eigenvalue weighted by atomic mass is 16.7. The molecule has 2 aliphatic heterocycles. The van der Waals surface area contributed by atoms with Crippen LogP contribution in [0.1, 0.15) is 41.5 Å². The number of hydrogen-bond acceptors (Lipinski definition) is 4. The molecule has 0 aliphatic carbocycles. The first kappa shape index (κ1) is 20.6. The molecule has 2 saturated heterocycles. The molecule has 6 heteroatoms. The molecule has 0 saturated carbocycles. The zero-order valence-corrected chi connectivity index (χ0v) is 19.1. The maximum absolute atomic E-state index is 6.48. The van der Waals surface area contributed by atoms with E-state index in [0.717, 1.165) is 32.5 Å². The zero-order valence-electron chi connectivity index (χ0n) is 19.1. The average Bonchev–Trinajstić information content (AvgIpc) is 3.08. The number of rotatable bonds is 2. The van der Waals surface area contributed by atoms with Crippen LogP contribution in [0.3, 0.4) is 0 Å². The van der Waals surface area contributed by atoms with Gasteiger partial charge in [-0.25, -0.2) is 0 Å². The highest BCUT2D eigenvalue weighted by molar-refractivity contribution is 6.73. The van der Waals surface area contributed by atoms with Gasteiger partial charge >= 0.3 is 14.2 Å². The monoisotopic (exact) mass is 414 g/mol. The van der Waals surface area contributed by atoms with E-state index in [1.54, 1.807) is 0 Å². The minimum atomic E-state index is -0.544. The first-order valence-corrected chi connectivity index (χ1v) is 10.8. The summed E-state index contributed by atoms with van der Waals surface area (Å²) in [6.07, 6.45) is 0. The van der Waals surface area contributed by atoms with Crippen LogP contribution in [0, 0.1) is 0 Å². The van der Waals surface area contributed by atoms with Crippen molar-refractivity contribution in [3.63, 3.8) is 0 Å². The van der Waals surface area contributed by atoms with Gasteiger partial charge in [-0.05, 0) is 68.6 Å². The molecule has 0 atom stereocenters. The lowest BCUT2D eigenvalue weighted by atomic mass is 9.66. The second kappa shape index (κ2) is 6.61. The normalized spacial score (nSPS) is 21.8. The Bertz CT molecular complexity index is 1140. The first-order valence-electron chi connectivity index (χ1n) is 10.8. The van der Waals surface area contributed by atoms with Crippen molar-refractivity contribution in [3.8, 4) is 0 Å². The molecule has 2 heterocycles. The van der Waals surface area contributed by atoms with E-state index in [-0.39, 0.29) is 0 Å². The molecule has 4 nitrogen and oxygen atoms in total. The molecule has 0 unspecified atom stereocenters. The van der Waals surface area contributed by atoms with Gasteiger partial charge in [-0.15, -0.1) is 0 Å². The smallest absolute Gasteiger partial charge is 0.534 e. The van der Waals surface area contributed by atoms with Crippen LogP contribution in [0.4, 0.5) is 0 Å². The fraction of sp³-hybridized carbons (Fsp3) is 0.360. The van der Waals surface area contributed by atoms with Crippen LogP contribution in [-0.4, -0.2) is 31.0 Å². The van der Waals surface area contributed by atoms with Gasteiger partial charge in [0.2, 0.25) is 0 Å². The van der Waals surface area contributed by atoms with E-state index in [2.05, 4.69) is 70.7 Å². The van der Waals surface area contributed by atoms with Gasteiger partial charge in [-0.1, -0.05) is 55.1 Å². The molecule has 0 aromatic heterocycles. The Morgan fingerprint density at radius 1 is 0.613 bits per heavy atom. The van der Waals surface area contributed by atoms with Crippen LogP contribution in [0.2, 0.25) is 0 Å². The van der Waals surface area contributed by atoms with Crippen LogP contribution < -0.4 is 10.9 Å². The van der Waals surface area contributed by atoms with Crippen molar-refractivity contribution >= 4 is 46.7 Å². The minimum absolute atomic E-state index is 0.419. The lowest BCUT2D eigenvalue weighted by Gasteiger charge is -2.32. The summed E-state index contributed by atoms with van der Waals surface area (Å²) >= 11 is 0. The van der Waals surface area contributed by atoms with Crippen molar-refractivity contribution < 1.29 is 18.6 Å². The summed E-state index contributed by atoms with van der Waals surface area (Å²) in [5.74, 6) is 0.640. The molecule has 5 rings (SSSR count). The van der Waals surface area contributed by atoms with Gasteiger partial charge in [0, 0.05) is 5.46 Å². The molecule has 2 fully saturated rings. The molecule has 3 aromatic rings. The Balaban J connectivity index is 1.79. The molecular weight excluding hydrogens is 386 g/mol. The third kappa shape index (κ3) is 3.04. The Morgan fingerprint density at radius 3 is 1.35 bits per heavy atom. The van der Waals surface area contributed by atoms with Crippen LogP contribution >= 0.6 is 0 Å². The van der Waals surface area contributed by atoms with Crippen LogP contribution in [0.5, 0.6) is 0 Å². The third-order valence-corrected chi connectivity index (χ3v) is 7.06. The lowest BCUT2D eigenvalue weighted by molar-refractivity contribution is 0.00578. The van der Waals surface area contributed by atoms with Crippen molar-refractivity contribution in [3.05, 3.63) is 60.9 Å². The predicted molar refractivity (Wildman–Crippen MR) is 128 cm³/mol. The van der Waals surface area contributed by atoms with Gasteiger partial charge in [-0.3, -0.25) is 0 Å². The maximum atomic E-state index is 6.48. The molecule has 0 N–H and O–H groups in total. The van der Waals surface area contributed by atoms with Crippen LogP contribution in [-0.2, 0) is 18.6 Å². The SMILES string of the molecule is C=C1OB(c2c3ccccc3c(B3OC(C)(C)C(C)(C)O3)c3ccccc23)OC1(C)C. The molecule has 0 bridgehead atoms. The van der Waals surface area contributed by atoms with Gasteiger partial charge in [-0.2, -0.15) is 0 Å². The fourth-order valence-electron chi connectivity index (χ4n) is 4.41. The van der Waals surface area contributed by atoms with Gasteiger partial charge < -0.3 is 18.6 Å². The van der Waals surface area contributed by atoms with Gasteiger partial charge in [0.1, 0.15) is 5.60 Å². The molecule has 2 aliphatic rings. The summed E-state index contributed by atoms with van der Waals surface area (Å²) in [5, 5.41) is 4.30. The number of fused-ring (bicyclic) bond motifs is 2. The standard InChI is InChI=1S/C25H28B2O4/c1-16-23(2,3)29-26(28-16)21-17-12-8-10-14-19(17)22(20-15-11-9-13-18(20)21)27-30-24(4,5)25(6,7)31-27/h8-15H,1H2,2-7H3. The van der Waals surface area contributed by atoms with E-state index in [4.69, 9.17) is 18.6 Å². The Labute approximate surface area is 184 Å². The second-order valence-corrected chi connectivity index (χ2v) is 10.0. The molecule has 0 amide bonds. The Morgan fingerprint density at radius 2 is 1.00 bits per heavy atom. The Hall–Kier alpha value is -2.27. The summed E-state index contributed by atoms with van der Waals surface area (Å²) in [4.78, 5) is 0. The van der Waals surface area contributed by atoms with Crippen molar-refractivity contribution in [1.29, 1.82) is 0 Å². The molecule has 158 valence electrons. The molecule has 0 spiro atoms. The van der Waals surface area contributed by atoms with E-state index in [1.807, 2.05) is 26.0 Å². The summed E-state index contributed by atoms with van der Waals surface area (Å²) in [6, 6.07) is 16.7. The van der Waals surface area contributed by atoms with E-state index >= 15 is 0 Å². The van der Waals surface area contributed by atoms with Crippen molar-refractivity contribution in [2.75, 3.05) is 0 Å². The number of benzene rings is 3. The van der Waals surface area contributed by atoms with E-state index in [9.17, 15) is 0 Å². The molecule has 0 radical (unpaired) electrons. The Kier molecular flexibility index (Phi) is 4.40. The summed E-state index contributed by atoms with van der Waals surface area (Å²) in [7, 11) is -0.990. The predicted octanol–water partition coefficient (Wildman–Crippen LogP) is 4.33. The average molecular weight is 414 g/mol. The lowest BCUT2D eigenvalue weighted by Crippen LogP contribution is -2.41. The van der Waals surface area contributed by atoms with Gasteiger partial charge in [0.25, 0.3) is 0 Å². The summed E-state index contributed by atoms with van der Waals surface area (Å²) in [6.45, 7) is 16.4. The van der Waals surface area contributed by atoms with Crippen LogP contribution in [0.15, 0.2) is 60.9 Å². The third-order valence-electron chi connectivity index (χ3n) is 7.06. The van der Waals surface area contributed by atoms with Crippen molar-refractivity contribution in [1.82, 2.24) is 0 Å². The molecular formula is C25H28B2O4. The topological polar surface area (TPSA) is 36.9 Å². The second-order valence-electron chi connectivity index (χ2n) is 10.0. The maximum Gasteiger partial charge on any atom is 0.564 e. The zero-order chi connectivity index (χ0) is 22.2. The molecule has 31 heavy (non-hydrogen) atoms. The van der Waals surface area contributed by atoms with E-state index < -0.39 is 31.0 Å². The highest BCUT2D eigenvalue weighted by Crippen LogP contribution is 2.38. The van der Waals surface area contributed by atoms with Crippen molar-refractivity contribution in [2.24, 2.45) is 0 Å². The summed E-state index contributed by atoms with van der Waals surface area (Å²) < 4.78 is 25.4. The van der Waals surface area contributed by atoms with Crippen molar-refractivity contribution in [2.45, 2.75) is 58.3 Å². The molecule has 3 aromatic carbocycles. The van der Waals surface area contributed by atoms with Gasteiger partial charge in [0.15, 0.2) is 0 Å². The van der Waals surface area contributed by atoms with E-state index in [0.29, 0.717) is 5.76 Å². The largest absolute Gasteiger partial charge is 0.564 e. The van der Waals surface area contributed by atoms with E-state index in [1.165, 1.54) is 0 Å². The fourth-order valence-corrected chi connectivity index (χ4v) is 4.41. The van der Waals surface area contributed by atoms with Gasteiger partial charge in [0.05, 0.1) is 17.0 Å².